The Kier molecular flexibility index (Phi) is 7.42. The lowest BCUT2D eigenvalue weighted by Crippen LogP contribution is -2.22. The first-order valence-corrected chi connectivity index (χ1v) is 7.89. The molecule has 0 fully saturated rings. The number of aryl methyl sites for hydroxylation is 1. The van der Waals surface area contributed by atoms with Crippen molar-refractivity contribution < 1.29 is 0 Å². The molecule has 0 spiro atoms. The topological polar surface area (TPSA) is 0 Å². The number of rotatable bonds is 9. The van der Waals surface area contributed by atoms with Gasteiger partial charge in [-0.3, -0.25) is 0 Å². The van der Waals surface area contributed by atoms with E-state index in [4.69, 9.17) is 11.6 Å². The van der Waals surface area contributed by atoms with E-state index >= 15 is 0 Å². The van der Waals surface area contributed by atoms with Crippen LogP contribution in [0.3, 0.4) is 0 Å². The highest BCUT2D eigenvalue weighted by Crippen LogP contribution is 2.35. The predicted octanol–water partition coefficient (Wildman–Crippen LogP) is 5.83. The quantitative estimate of drug-likeness (QED) is 0.493. The van der Waals surface area contributed by atoms with Gasteiger partial charge in [0.15, 0.2) is 0 Å². The first kappa shape index (κ1) is 15.6. The molecule has 18 heavy (non-hydrogen) atoms. The highest BCUT2D eigenvalue weighted by Gasteiger charge is 2.25. The van der Waals surface area contributed by atoms with Gasteiger partial charge in [0.05, 0.1) is 0 Å². The fourth-order valence-corrected chi connectivity index (χ4v) is 3.03. The Bertz CT molecular complexity index is 301. The summed E-state index contributed by atoms with van der Waals surface area (Å²) in [6.07, 6.45) is 8.80. The van der Waals surface area contributed by atoms with E-state index < -0.39 is 0 Å². The van der Waals surface area contributed by atoms with Gasteiger partial charge in [0, 0.05) is 5.88 Å². The summed E-state index contributed by atoms with van der Waals surface area (Å²) < 4.78 is 0. The van der Waals surface area contributed by atoms with Crippen LogP contribution < -0.4 is 0 Å². The third-order valence-electron chi connectivity index (χ3n) is 4.11. The van der Waals surface area contributed by atoms with Crippen molar-refractivity contribution in [3.63, 3.8) is 0 Å². The smallest absolute Gasteiger partial charge is 0.0279 e. The Morgan fingerprint density at radius 1 is 1.00 bits per heavy atom. The van der Waals surface area contributed by atoms with Crippen LogP contribution in [-0.2, 0) is 6.42 Å². The molecule has 1 rings (SSSR count). The van der Waals surface area contributed by atoms with Crippen molar-refractivity contribution >= 4 is 11.6 Å². The van der Waals surface area contributed by atoms with Gasteiger partial charge in [-0.25, -0.2) is 0 Å². The third kappa shape index (κ3) is 5.02. The van der Waals surface area contributed by atoms with Crippen LogP contribution in [0, 0.1) is 5.41 Å². The number of hydrogen-bond acceptors (Lipinski definition) is 0. The zero-order valence-electron chi connectivity index (χ0n) is 11.9. The van der Waals surface area contributed by atoms with E-state index in [1.54, 1.807) is 0 Å². The second-order valence-corrected chi connectivity index (χ2v) is 5.70. The normalized spacial score (nSPS) is 14.4. The number of unbranched alkanes of at least 4 members (excludes halogenated alkanes) is 1. The molecule has 0 saturated carbocycles. The fourth-order valence-electron chi connectivity index (χ4n) is 2.57. The molecule has 0 heterocycles. The Balaban J connectivity index is 2.42. The van der Waals surface area contributed by atoms with Crippen LogP contribution in [-0.4, -0.2) is 5.88 Å². The zero-order valence-corrected chi connectivity index (χ0v) is 12.7. The summed E-state index contributed by atoms with van der Waals surface area (Å²) in [5, 5.41) is 0. The van der Waals surface area contributed by atoms with Gasteiger partial charge < -0.3 is 0 Å². The van der Waals surface area contributed by atoms with E-state index in [-0.39, 0.29) is 0 Å². The van der Waals surface area contributed by atoms with Crippen LogP contribution in [0.5, 0.6) is 0 Å². The SMILES string of the molecule is CCCCC(CC)(CCl)CCCc1ccccc1. The monoisotopic (exact) mass is 266 g/mol. The summed E-state index contributed by atoms with van der Waals surface area (Å²) in [6.45, 7) is 4.55. The van der Waals surface area contributed by atoms with E-state index in [2.05, 4.69) is 44.2 Å². The highest BCUT2D eigenvalue weighted by molar-refractivity contribution is 6.18. The fraction of sp³-hybridized carbons (Fsp3) is 0.647. The molecule has 0 nitrogen and oxygen atoms in total. The van der Waals surface area contributed by atoms with Crippen molar-refractivity contribution in [2.24, 2.45) is 5.41 Å². The van der Waals surface area contributed by atoms with Crippen LogP contribution in [0.4, 0.5) is 0 Å². The van der Waals surface area contributed by atoms with Crippen molar-refractivity contribution in [1.29, 1.82) is 0 Å². The lowest BCUT2D eigenvalue weighted by atomic mass is 9.77. The Morgan fingerprint density at radius 3 is 2.22 bits per heavy atom. The van der Waals surface area contributed by atoms with E-state index in [9.17, 15) is 0 Å². The molecule has 0 N–H and O–H groups in total. The lowest BCUT2D eigenvalue weighted by Gasteiger charge is -2.30. The Hall–Kier alpha value is -0.490. The largest absolute Gasteiger partial charge is 0.126 e. The van der Waals surface area contributed by atoms with Crippen molar-refractivity contribution in [3.8, 4) is 0 Å². The second-order valence-electron chi connectivity index (χ2n) is 5.43. The minimum absolute atomic E-state index is 0.381. The van der Waals surface area contributed by atoms with Gasteiger partial charge in [-0.1, -0.05) is 57.0 Å². The van der Waals surface area contributed by atoms with Crippen LogP contribution in [0.1, 0.15) is 57.9 Å². The zero-order chi connectivity index (χ0) is 13.3. The van der Waals surface area contributed by atoms with Crippen molar-refractivity contribution in [3.05, 3.63) is 35.9 Å². The summed E-state index contributed by atoms with van der Waals surface area (Å²) in [5.41, 5.74) is 1.83. The lowest BCUT2D eigenvalue weighted by molar-refractivity contribution is 0.252. The van der Waals surface area contributed by atoms with Crippen LogP contribution in [0.15, 0.2) is 30.3 Å². The van der Waals surface area contributed by atoms with Crippen molar-refractivity contribution in [2.75, 3.05) is 5.88 Å². The molecule has 1 heteroatoms. The van der Waals surface area contributed by atoms with E-state index in [0.29, 0.717) is 5.41 Å². The molecule has 0 bridgehead atoms. The number of benzene rings is 1. The Morgan fingerprint density at radius 2 is 1.67 bits per heavy atom. The van der Waals surface area contributed by atoms with Crippen LogP contribution in [0.2, 0.25) is 0 Å². The molecule has 0 aliphatic rings. The Labute approximate surface area is 118 Å². The molecule has 0 amide bonds. The maximum absolute atomic E-state index is 6.24. The van der Waals surface area contributed by atoms with E-state index in [1.165, 1.54) is 50.5 Å². The molecule has 1 aromatic carbocycles. The van der Waals surface area contributed by atoms with Crippen molar-refractivity contribution in [2.45, 2.75) is 58.8 Å². The number of alkyl halides is 1. The summed E-state index contributed by atoms with van der Waals surface area (Å²) in [6, 6.07) is 10.8. The first-order chi connectivity index (χ1) is 8.76. The summed E-state index contributed by atoms with van der Waals surface area (Å²) in [4.78, 5) is 0. The summed E-state index contributed by atoms with van der Waals surface area (Å²) in [7, 11) is 0. The first-order valence-electron chi connectivity index (χ1n) is 7.36. The third-order valence-corrected chi connectivity index (χ3v) is 4.68. The van der Waals surface area contributed by atoms with Crippen molar-refractivity contribution in [1.82, 2.24) is 0 Å². The summed E-state index contributed by atoms with van der Waals surface area (Å²) in [5.74, 6) is 0.818. The van der Waals surface area contributed by atoms with Crippen LogP contribution >= 0.6 is 11.6 Å². The molecule has 0 aromatic heterocycles. The van der Waals surface area contributed by atoms with Gasteiger partial charge in [-0.05, 0) is 43.1 Å². The van der Waals surface area contributed by atoms with Gasteiger partial charge in [0.25, 0.3) is 0 Å². The molecule has 0 saturated heterocycles. The van der Waals surface area contributed by atoms with E-state index in [1.807, 2.05) is 0 Å². The van der Waals surface area contributed by atoms with Gasteiger partial charge in [-0.15, -0.1) is 11.6 Å². The van der Waals surface area contributed by atoms with Gasteiger partial charge >= 0.3 is 0 Å². The van der Waals surface area contributed by atoms with Gasteiger partial charge in [-0.2, -0.15) is 0 Å². The molecule has 102 valence electrons. The molecule has 1 aromatic rings. The van der Waals surface area contributed by atoms with Gasteiger partial charge in [0.1, 0.15) is 0 Å². The average molecular weight is 267 g/mol. The predicted molar refractivity (Wildman–Crippen MR) is 82.3 cm³/mol. The maximum Gasteiger partial charge on any atom is 0.0279 e. The molecular formula is C17H27Cl. The molecule has 0 aliphatic heterocycles. The molecule has 0 radical (unpaired) electrons. The minimum Gasteiger partial charge on any atom is -0.126 e. The average Bonchev–Trinajstić information content (AvgIpc) is 2.44. The van der Waals surface area contributed by atoms with E-state index in [0.717, 1.165) is 5.88 Å². The highest BCUT2D eigenvalue weighted by atomic mass is 35.5. The minimum atomic E-state index is 0.381. The second kappa shape index (κ2) is 8.58. The number of halogens is 1. The van der Waals surface area contributed by atoms with Crippen LogP contribution in [0.25, 0.3) is 0 Å². The molecule has 0 aliphatic carbocycles. The summed E-state index contributed by atoms with van der Waals surface area (Å²) >= 11 is 6.24. The van der Waals surface area contributed by atoms with Gasteiger partial charge in [0.2, 0.25) is 0 Å². The molecule has 1 unspecified atom stereocenters. The number of hydrogen-bond donors (Lipinski definition) is 0. The molecule has 1 atom stereocenters. The standard InChI is InChI=1S/C17H27Cl/c1-3-5-13-17(4-2,15-18)14-9-12-16-10-7-6-8-11-16/h6-8,10-11H,3-5,9,12-15H2,1-2H3. The molecular weight excluding hydrogens is 240 g/mol. The maximum atomic E-state index is 6.24.